The summed E-state index contributed by atoms with van der Waals surface area (Å²) in [5.74, 6) is 0. The van der Waals surface area contributed by atoms with Gasteiger partial charge in [-0.2, -0.15) is 0 Å². The fourth-order valence-corrected chi connectivity index (χ4v) is 0.637. The Hall–Kier alpha value is -0.120. The van der Waals surface area contributed by atoms with Crippen LogP contribution in [-0.2, 0) is 0 Å². The van der Waals surface area contributed by atoms with Gasteiger partial charge in [0.25, 0.3) is 0 Å². The highest BCUT2D eigenvalue weighted by atomic mass is 16.3. The van der Waals surface area contributed by atoms with E-state index < -0.39 is 5.60 Å². The number of rotatable bonds is 4. The second-order valence-electron chi connectivity index (χ2n) is 2.68. The predicted molar refractivity (Wildman–Crippen MR) is 42.3 cm³/mol. The van der Waals surface area contributed by atoms with E-state index in [-0.39, 0.29) is 12.8 Å². The topological polar surface area (TPSA) is 75.5 Å². The summed E-state index contributed by atoms with van der Waals surface area (Å²) in [5.41, 5.74) is -0.567. The molecule has 0 aromatic rings. The van der Waals surface area contributed by atoms with Gasteiger partial charge in [-0.25, -0.2) is 0 Å². The summed E-state index contributed by atoms with van der Waals surface area (Å²) in [6, 6.07) is 0. The minimum atomic E-state index is -0.567. The van der Waals surface area contributed by atoms with Gasteiger partial charge >= 0.3 is 0 Å². The van der Waals surface area contributed by atoms with Crippen molar-refractivity contribution < 1.29 is 10.2 Å². The average Bonchev–Trinajstić information content (AvgIpc) is 1.84. The molecule has 0 amide bonds. The molecule has 1 atom stereocenters. The molecular formula is C7H19NO2. The minimum absolute atomic E-state index is 0. The lowest BCUT2D eigenvalue weighted by molar-refractivity contribution is 0.0399. The van der Waals surface area contributed by atoms with Gasteiger partial charge in [0.1, 0.15) is 0 Å². The largest absolute Gasteiger partial charge is 0.396 e. The molecule has 0 fully saturated rings. The van der Waals surface area contributed by atoms with Crippen LogP contribution in [0.2, 0.25) is 0 Å². The summed E-state index contributed by atoms with van der Waals surface area (Å²) in [5, 5.41) is 17.8. The van der Waals surface area contributed by atoms with Crippen molar-refractivity contribution in [1.82, 2.24) is 6.15 Å². The van der Waals surface area contributed by atoms with E-state index in [9.17, 15) is 5.11 Å². The molecule has 0 aliphatic rings. The van der Waals surface area contributed by atoms with Gasteiger partial charge in [0.15, 0.2) is 0 Å². The summed E-state index contributed by atoms with van der Waals surface area (Å²) >= 11 is 0. The summed E-state index contributed by atoms with van der Waals surface area (Å²) in [4.78, 5) is 0. The summed E-state index contributed by atoms with van der Waals surface area (Å²) < 4.78 is 0. The molecule has 0 heterocycles. The molecule has 5 N–H and O–H groups in total. The SMILES string of the molecule is CCC(C)(O)CCCO.N. The zero-order chi connectivity index (χ0) is 7.33. The molecule has 3 heteroatoms. The third-order valence-corrected chi connectivity index (χ3v) is 1.64. The Balaban J connectivity index is 0. The maximum atomic E-state index is 9.34. The van der Waals surface area contributed by atoms with Crippen LogP contribution in [0, 0.1) is 0 Å². The molecule has 1 unspecified atom stereocenters. The van der Waals surface area contributed by atoms with Crippen molar-refractivity contribution in [2.75, 3.05) is 6.61 Å². The molecule has 3 nitrogen and oxygen atoms in total. The standard InChI is InChI=1S/C7H16O2.H3N/c1-3-7(2,9)5-4-6-8;/h8-9H,3-6H2,1-2H3;1H3. The van der Waals surface area contributed by atoms with E-state index in [0.29, 0.717) is 12.8 Å². The first-order valence-electron chi connectivity index (χ1n) is 3.45. The van der Waals surface area contributed by atoms with Crippen molar-refractivity contribution in [3.8, 4) is 0 Å². The van der Waals surface area contributed by atoms with Gasteiger partial charge in [-0.1, -0.05) is 6.92 Å². The Labute approximate surface area is 62.7 Å². The number of hydrogen-bond donors (Lipinski definition) is 3. The van der Waals surface area contributed by atoms with E-state index in [2.05, 4.69) is 0 Å². The lowest BCUT2D eigenvalue weighted by Crippen LogP contribution is -2.22. The van der Waals surface area contributed by atoms with Crippen LogP contribution in [0.15, 0.2) is 0 Å². The van der Waals surface area contributed by atoms with Crippen molar-refractivity contribution in [3.05, 3.63) is 0 Å². The molecule has 0 spiro atoms. The van der Waals surface area contributed by atoms with E-state index in [0.717, 1.165) is 6.42 Å². The molecule has 0 aliphatic heterocycles. The average molecular weight is 149 g/mol. The van der Waals surface area contributed by atoms with Crippen molar-refractivity contribution in [2.45, 2.75) is 38.7 Å². The first-order chi connectivity index (χ1) is 4.12. The van der Waals surface area contributed by atoms with Gasteiger partial charge in [0, 0.05) is 6.61 Å². The fourth-order valence-electron chi connectivity index (χ4n) is 0.637. The Kier molecular flexibility index (Phi) is 7.09. The van der Waals surface area contributed by atoms with Gasteiger partial charge in [-0.15, -0.1) is 0 Å². The third kappa shape index (κ3) is 6.01. The van der Waals surface area contributed by atoms with Gasteiger partial charge in [0.2, 0.25) is 0 Å². The smallest absolute Gasteiger partial charge is 0.0618 e. The normalized spacial score (nSPS) is 15.6. The van der Waals surface area contributed by atoms with Crippen LogP contribution in [0.3, 0.4) is 0 Å². The molecular weight excluding hydrogens is 130 g/mol. The fraction of sp³-hybridized carbons (Fsp3) is 1.00. The van der Waals surface area contributed by atoms with Gasteiger partial charge < -0.3 is 16.4 Å². The summed E-state index contributed by atoms with van der Waals surface area (Å²) in [7, 11) is 0. The second kappa shape index (κ2) is 5.65. The molecule has 0 radical (unpaired) electrons. The Morgan fingerprint density at radius 1 is 1.40 bits per heavy atom. The van der Waals surface area contributed by atoms with E-state index >= 15 is 0 Å². The number of aliphatic hydroxyl groups excluding tert-OH is 1. The molecule has 0 rings (SSSR count). The van der Waals surface area contributed by atoms with Crippen LogP contribution in [-0.4, -0.2) is 22.4 Å². The summed E-state index contributed by atoms with van der Waals surface area (Å²) in [6.45, 7) is 3.91. The molecule has 10 heavy (non-hydrogen) atoms. The minimum Gasteiger partial charge on any atom is -0.396 e. The highest BCUT2D eigenvalue weighted by Crippen LogP contribution is 2.14. The van der Waals surface area contributed by atoms with Crippen LogP contribution in [0.1, 0.15) is 33.1 Å². The second-order valence-corrected chi connectivity index (χ2v) is 2.68. The van der Waals surface area contributed by atoms with E-state index in [1.807, 2.05) is 6.92 Å². The van der Waals surface area contributed by atoms with Crippen molar-refractivity contribution >= 4 is 0 Å². The Bertz CT molecular complexity index is 74.0. The number of hydrogen-bond acceptors (Lipinski definition) is 3. The van der Waals surface area contributed by atoms with E-state index in [1.54, 1.807) is 6.92 Å². The van der Waals surface area contributed by atoms with Gasteiger partial charge in [-0.05, 0) is 26.2 Å². The third-order valence-electron chi connectivity index (χ3n) is 1.64. The number of aliphatic hydroxyl groups is 2. The quantitative estimate of drug-likeness (QED) is 0.560. The first-order valence-corrected chi connectivity index (χ1v) is 3.45. The maximum Gasteiger partial charge on any atom is 0.0618 e. The van der Waals surface area contributed by atoms with Gasteiger partial charge in [0.05, 0.1) is 5.60 Å². The predicted octanol–water partition coefficient (Wildman–Crippen LogP) is 1.08. The molecule has 64 valence electrons. The molecule has 0 aromatic carbocycles. The zero-order valence-corrected chi connectivity index (χ0v) is 6.93. The van der Waals surface area contributed by atoms with Crippen LogP contribution in [0.25, 0.3) is 0 Å². The molecule has 0 aliphatic carbocycles. The lowest BCUT2D eigenvalue weighted by atomic mass is 9.98. The molecule has 0 saturated carbocycles. The first kappa shape index (κ1) is 12.5. The molecule has 0 saturated heterocycles. The van der Waals surface area contributed by atoms with Crippen LogP contribution >= 0.6 is 0 Å². The molecule has 0 bridgehead atoms. The van der Waals surface area contributed by atoms with Crippen molar-refractivity contribution in [2.24, 2.45) is 0 Å². The summed E-state index contributed by atoms with van der Waals surface area (Å²) in [6.07, 6.45) is 2.15. The molecule has 0 aromatic heterocycles. The van der Waals surface area contributed by atoms with E-state index in [1.165, 1.54) is 0 Å². The maximum absolute atomic E-state index is 9.34. The van der Waals surface area contributed by atoms with E-state index in [4.69, 9.17) is 5.11 Å². The van der Waals surface area contributed by atoms with Crippen molar-refractivity contribution in [1.29, 1.82) is 0 Å². The van der Waals surface area contributed by atoms with Crippen LogP contribution < -0.4 is 6.15 Å². The Morgan fingerprint density at radius 2 is 1.90 bits per heavy atom. The monoisotopic (exact) mass is 149 g/mol. The van der Waals surface area contributed by atoms with Crippen LogP contribution in [0.4, 0.5) is 0 Å². The van der Waals surface area contributed by atoms with Crippen molar-refractivity contribution in [3.63, 3.8) is 0 Å². The Morgan fingerprint density at radius 3 is 2.20 bits per heavy atom. The highest BCUT2D eigenvalue weighted by Gasteiger charge is 2.15. The van der Waals surface area contributed by atoms with Gasteiger partial charge in [-0.3, -0.25) is 0 Å². The highest BCUT2D eigenvalue weighted by molar-refractivity contribution is 4.68. The van der Waals surface area contributed by atoms with Crippen LogP contribution in [0.5, 0.6) is 0 Å². The zero-order valence-electron chi connectivity index (χ0n) is 6.93. The lowest BCUT2D eigenvalue weighted by Gasteiger charge is -2.19.